The number of carbonyl (C=O) groups is 1. The van der Waals surface area contributed by atoms with Gasteiger partial charge in [0, 0.05) is 12.5 Å². The Morgan fingerprint density at radius 1 is 1.10 bits per heavy atom. The van der Waals surface area contributed by atoms with E-state index in [9.17, 15) is 9.18 Å². The normalized spacial score (nSPS) is 13.5. The SMILES string of the molecule is C[C@H](NC(=O)CC(N)c1ccccc1)c1ccc(F)cc1. The average molecular weight is 286 g/mol. The number of carbonyl (C=O) groups excluding carboxylic acids is 1. The summed E-state index contributed by atoms with van der Waals surface area (Å²) < 4.78 is 12.9. The Kier molecular flexibility index (Phi) is 5.06. The molecule has 0 aliphatic heterocycles. The lowest BCUT2D eigenvalue weighted by atomic mass is 10.0. The summed E-state index contributed by atoms with van der Waals surface area (Å²) in [7, 11) is 0. The number of halogens is 1. The number of amides is 1. The summed E-state index contributed by atoms with van der Waals surface area (Å²) in [6, 6.07) is 15.1. The third-order valence-electron chi connectivity index (χ3n) is 3.38. The van der Waals surface area contributed by atoms with Crippen LogP contribution in [0, 0.1) is 5.82 Å². The van der Waals surface area contributed by atoms with Crippen LogP contribution < -0.4 is 11.1 Å². The van der Waals surface area contributed by atoms with Gasteiger partial charge in [-0.3, -0.25) is 4.79 Å². The average Bonchev–Trinajstić information content (AvgIpc) is 2.48. The molecule has 4 heteroatoms. The number of nitrogens with two attached hydrogens (primary N) is 1. The van der Waals surface area contributed by atoms with Gasteiger partial charge in [-0.05, 0) is 30.2 Å². The molecule has 21 heavy (non-hydrogen) atoms. The van der Waals surface area contributed by atoms with E-state index in [1.165, 1.54) is 12.1 Å². The van der Waals surface area contributed by atoms with Crippen molar-refractivity contribution in [2.45, 2.75) is 25.4 Å². The van der Waals surface area contributed by atoms with Crippen LogP contribution in [0.2, 0.25) is 0 Å². The van der Waals surface area contributed by atoms with Crippen molar-refractivity contribution in [2.24, 2.45) is 5.73 Å². The molecule has 0 heterocycles. The Balaban J connectivity index is 1.91. The topological polar surface area (TPSA) is 55.1 Å². The second kappa shape index (κ2) is 6.99. The highest BCUT2D eigenvalue weighted by atomic mass is 19.1. The maximum atomic E-state index is 12.9. The van der Waals surface area contributed by atoms with Crippen LogP contribution in [0.25, 0.3) is 0 Å². The first-order chi connectivity index (χ1) is 10.1. The lowest BCUT2D eigenvalue weighted by Gasteiger charge is -2.17. The van der Waals surface area contributed by atoms with Crippen molar-refractivity contribution in [1.29, 1.82) is 0 Å². The molecule has 0 aliphatic rings. The maximum absolute atomic E-state index is 12.9. The molecule has 110 valence electrons. The highest BCUT2D eigenvalue weighted by Crippen LogP contribution is 2.16. The van der Waals surface area contributed by atoms with Gasteiger partial charge in [0.05, 0.1) is 6.04 Å². The van der Waals surface area contributed by atoms with E-state index in [0.717, 1.165) is 11.1 Å². The molecule has 0 aromatic heterocycles. The molecule has 1 amide bonds. The predicted molar refractivity (Wildman–Crippen MR) is 80.9 cm³/mol. The number of benzene rings is 2. The molecule has 0 bridgehead atoms. The van der Waals surface area contributed by atoms with Gasteiger partial charge in [0.1, 0.15) is 5.82 Å². The molecule has 0 fully saturated rings. The first-order valence-corrected chi connectivity index (χ1v) is 6.91. The first kappa shape index (κ1) is 15.2. The van der Waals surface area contributed by atoms with Gasteiger partial charge in [-0.15, -0.1) is 0 Å². The molecule has 3 nitrogen and oxygen atoms in total. The van der Waals surface area contributed by atoms with E-state index in [1.54, 1.807) is 12.1 Å². The largest absolute Gasteiger partial charge is 0.350 e. The van der Waals surface area contributed by atoms with Gasteiger partial charge in [0.25, 0.3) is 0 Å². The van der Waals surface area contributed by atoms with Crippen LogP contribution in [0.1, 0.15) is 36.6 Å². The van der Waals surface area contributed by atoms with Gasteiger partial charge in [0.15, 0.2) is 0 Å². The van der Waals surface area contributed by atoms with Crippen molar-refractivity contribution >= 4 is 5.91 Å². The zero-order valence-corrected chi connectivity index (χ0v) is 11.9. The minimum atomic E-state index is -0.327. The van der Waals surface area contributed by atoms with E-state index < -0.39 is 0 Å². The van der Waals surface area contributed by atoms with E-state index in [1.807, 2.05) is 37.3 Å². The molecular formula is C17H19FN2O. The molecule has 2 aromatic rings. The van der Waals surface area contributed by atoms with Crippen molar-refractivity contribution in [3.8, 4) is 0 Å². The fourth-order valence-corrected chi connectivity index (χ4v) is 2.15. The van der Waals surface area contributed by atoms with Gasteiger partial charge >= 0.3 is 0 Å². The Morgan fingerprint density at radius 3 is 2.33 bits per heavy atom. The predicted octanol–water partition coefficient (Wildman–Crippen LogP) is 3.09. The molecule has 2 atom stereocenters. The van der Waals surface area contributed by atoms with Crippen molar-refractivity contribution in [2.75, 3.05) is 0 Å². The number of rotatable bonds is 5. The molecule has 0 saturated heterocycles. The highest BCUT2D eigenvalue weighted by Gasteiger charge is 2.14. The van der Waals surface area contributed by atoms with Crippen LogP contribution >= 0.6 is 0 Å². The first-order valence-electron chi connectivity index (χ1n) is 6.91. The lowest BCUT2D eigenvalue weighted by Crippen LogP contribution is -2.29. The molecule has 3 N–H and O–H groups in total. The summed E-state index contributed by atoms with van der Waals surface area (Å²) in [5.41, 5.74) is 7.81. The second-order valence-corrected chi connectivity index (χ2v) is 5.06. The Labute approximate surface area is 124 Å². The zero-order chi connectivity index (χ0) is 15.2. The summed E-state index contributed by atoms with van der Waals surface area (Å²) in [6.07, 6.45) is 0.218. The van der Waals surface area contributed by atoms with Crippen LogP contribution in [-0.4, -0.2) is 5.91 Å². The van der Waals surface area contributed by atoms with Gasteiger partial charge in [-0.2, -0.15) is 0 Å². The smallest absolute Gasteiger partial charge is 0.222 e. The highest BCUT2D eigenvalue weighted by molar-refractivity contribution is 5.77. The summed E-state index contributed by atoms with van der Waals surface area (Å²) in [4.78, 5) is 12.0. The number of hydrogen-bond acceptors (Lipinski definition) is 2. The minimum absolute atomic E-state index is 0.122. The van der Waals surface area contributed by atoms with Crippen LogP contribution in [0.4, 0.5) is 4.39 Å². The maximum Gasteiger partial charge on any atom is 0.222 e. The molecule has 1 unspecified atom stereocenters. The van der Waals surface area contributed by atoms with Gasteiger partial charge in [-0.1, -0.05) is 42.5 Å². The molecule has 2 aromatic carbocycles. The lowest BCUT2D eigenvalue weighted by molar-refractivity contribution is -0.122. The van der Waals surface area contributed by atoms with Crippen LogP contribution in [0.15, 0.2) is 54.6 Å². The van der Waals surface area contributed by atoms with Crippen molar-refractivity contribution < 1.29 is 9.18 Å². The number of nitrogens with one attached hydrogen (secondary N) is 1. The molecule has 2 rings (SSSR count). The van der Waals surface area contributed by atoms with Crippen molar-refractivity contribution in [3.05, 3.63) is 71.5 Å². The fraction of sp³-hybridized carbons (Fsp3) is 0.235. The van der Waals surface area contributed by atoms with E-state index in [-0.39, 0.29) is 30.2 Å². The molecule has 0 spiro atoms. The zero-order valence-electron chi connectivity index (χ0n) is 11.9. The summed E-state index contributed by atoms with van der Waals surface area (Å²) in [6.45, 7) is 1.86. The number of hydrogen-bond donors (Lipinski definition) is 2. The third-order valence-corrected chi connectivity index (χ3v) is 3.38. The Hall–Kier alpha value is -2.20. The summed E-state index contributed by atoms with van der Waals surface area (Å²) in [5, 5.41) is 2.87. The fourth-order valence-electron chi connectivity index (χ4n) is 2.15. The van der Waals surface area contributed by atoms with Gasteiger partial charge < -0.3 is 11.1 Å². The molecule has 0 aliphatic carbocycles. The quantitative estimate of drug-likeness (QED) is 0.887. The standard InChI is InChI=1S/C17H19FN2O/c1-12(13-7-9-15(18)10-8-13)20-17(21)11-16(19)14-5-3-2-4-6-14/h2-10,12,16H,11,19H2,1H3,(H,20,21)/t12-,16?/m0/s1. The molecular weight excluding hydrogens is 267 g/mol. The molecule has 0 radical (unpaired) electrons. The van der Waals surface area contributed by atoms with Crippen molar-refractivity contribution in [3.63, 3.8) is 0 Å². The van der Waals surface area contributed by atoms with E-state index in [4.69, 9.17) is 5.73 Å². The van der Waals surface area contributed by atoms with Crippen LogP contribution in [0.5, 0.6) is 0 Å². The third kappa shape index (κ3) is 4.39. The summed E-state index contributed by atoms with van der Waals surface area (Å²) >= 11 is 0. The Bertz CT molecular complexity index is 583. The van der Waals surface area contributed by atoms with E-state index in [2.05, 4.69) is 5.32 Å². The Morgan fingerprint density at radius 2 is 1.71 bits per heavy atom. The van der Waals surface area contributed by atoms with Gasteiger partial charge in [0.2, 0.25) is 5.91 Å². The summed E-state index contributed by atoms with van der Waals surface area (Å²) in [5.74, 6) is -0.411. The molecule has 0 saturated carbocycles. The second-order valence-electron chi connectivity index (χ2n) is 5.06. The minimum Gasteiger partial charge on any atom is -0.350 e. The van der Waals surface area contributed by atoms with Crippen LogP contribution in [0.3, 0.4) is 0 Å². The monoisotopic (exact) mass is 286 g/mol. The van der Waals surface area contributed by atoms with Gasteiger partial charge in [-0.25, -0.2) is 4.39 Å². The van der Waals surface area contributed by atoms with E-state index in [0.29, 0.717) is 0 Å². The van der Waals surface area contributed by atoms with Crippen molar-refractivity contribution in [1.82, 2.24) is 5.32 Å². The van der Waals surface area contributed by atoms with E-state index >= 15 is 0 Å². The van der Waals surface area contributed by atoms with Crippen LogP contribution in [-0.2, 0) is 4.79 Å².